The molecule has 0 saturated carbocycles. The molecule has 1 aliphatic rings. The van der Waals surface area contributed by atoms with Crippen LogP contribution in [0, 0.1) is 6.92 Å². The predicted molar refractivity (Wildman–Crippen MR) is 171 cm³/mol. The molecule has 0 fully saturated rings. The number of fused-ring (bicyclic) bond motifs is 1. The SMILES string of the molecule is Cc1c(Cl)cccc1OCCCC(=O)N1CCSc2c(-c3cnn(Cc4cccc(C(=O)NCS(=O)(=O)O)c4)c3)cccc21. The zero-order chi connectivity index (χ0) is 31.3. The summed E-state index contributed by atoms with van der Waals surface area (Å²) in [6.07, 6.45) is 4.63. The highest BCUT2D eigenvalue weighted by atomic mass is 35.5. The van der Waals surface area contributed by atoms with Crippen LogP contribution >= 0.6 is 23.4 Å². The number of benzene rings is 3. The van der Waals surface area contributed by atoms with Crippen molar-refractivity contribution in [2.24, 2.45) is 0 Å². The Morgan fingerprint density at radius 3 is 2.75 bits per heavy atom. The van der Waals surface area contributed by atoms with Crippen LogP contribution in [-0.4, -0.2) is 59.3 Å². The largest absolute Gasteiger partial charge is 0.493 e. The van der Waals surface area contributed by atoms with Crippen molar-refractivity contribution < 1.29 is 27.3 Å². The van der Waals surface area contributed by atoms with Crippen molar-refractivity contribution in [2.45, 2.75) is 31.2 Å². The fourth-order valence-electron chi connectivity index (χ4n) is 4.87. The molecular weight excluding hydrogens is 624 g/mol. The lowest BCUT2D eigenvalue weighted by Crippen LogP contribution is -2.35. The zero-order valence-corrected chi connectivity index (χ0v) is 26.3. The molecule has 13 heteroatoms. The number of aromatic nitrogens is 2. The molecule has 230 valence electrons. The second-order valence-corrected chi connectivity index (χ2v) is 13.2. The van der Waals surface area contributed by atoms with Gasteiger partial charge in [-0.2, -0.15) is 13.5 Å². The van der Waals surface area contributed by atoms with E-state index in [2.05, 4.69) is 10.4 Å². The summed E-state index contributed by atoms with van der Waals surface area (Å²) in [5, 5.41) is 7.34. The van der Waals surface area contributed by atoms with E-state index in [1.54, 1.807) is 40.8 Å². The minimum Gasteiger partial charge on any atom is -0.493 e. The summed E-state index contributed by atoms with van der Waals surface area (Å²) < 4.78 is 38.4. The van der Waals surface area contributed by atoms with Gasteiger partial charge in [-0.25, -0.2) is 0 Å². The lowest BCUT2D eigenvalue weighted by atomic mass is 10.1. The molecule has 2 heterocycles. The van der Waals surface area contributed by atoms with Gasteiger partial charge in [0.2, 0.25) is 5.91 Å². The number of carbonyl (C=O) groups is 2. The van der Waals surface area contributed by atoms with Crippen LogP contribution in [0.25, 0.3) is 11.1 Å². The van der Waals surface area contributed by atoms with Crippen molar-refractivity contribution >= 4 is 51.0 Å². The fraction of sp³-hybridized carbons (Fsp3) is 0.258. The van der Waals surface area contributed by atoms with Gasteiger partial charge in [0.05, 0.1) is 25.0 Å². The molecule has 0 bridgehead atoms. The molecule has 4 aromatic rings. The lowest BCUT2D eigenvalue weighted by Gasteiger charge is -2.30. The van der Waals surface area contributed by atoms with Gasteiger partial charge in [-0.3, -0.25) is 18.8 Å². The van der Waals surface area contributed by atoms with E-state index in [-0.39, 0.29) is 11.5 Å². The Hall–Kier alpha value is -3.84. The van der Waals surface area contributed by atoms with Gasteiger partial charge in [-0.1, -0.05) is 41.9 Å². The van der Waals surface area contributed by atoms with Crippen LogP contribution < -0.4 is 15.0 Å². The molecule has 10 nitrogen and oxygen atoms in total. The van der Waals surface area contributed by atoms with Crippen molar-refractivity contribution in [2.75, 3.05) is 29.7 Å². The summed E-state index contributed by atoms with van der Waals surface area (Å²) in [4.78, 5) is 28.4. The highest BCUT2D eigenvalue weighted by molar-refractivity contribution is 7.99. The highest BCUT2D eigenvalue weighted by Gasteiger charge is 2.25. The number of hydrogen-bond acceptors (Lipinski definition) is 7. The first kappa shape index (κ1) is 31.6. The van der Waals surface area contributed by atoms with Gasteiger partial charge in [0.1, 0.15) is 11.6 Å². The molecule has 44 heavy (non-hydrogen) atoms. The molecule has 0 aliphatic carbocycles. The highest BCUT2D eigenvalue weighted by Crippen LogP contribution is 2.42. The minimum absolute atomic E-state index is 0.0475. The van der Waals surface area contributed by atoms with Gasteiger partial charge in [0.15, 0.2) is 0 Å². The average Bonchev–Trinajstić information content (AvgIpc) is 3.47. The van der Waals surface area contributed by atoms with Crippen LogP contribution in [0.2, 0.25) is 5.02 Å². The monoisotopic (exact) mass is 654 g/mol. The Balaban J connectivity index is 1.24. The average molecular weight is 655 g/mol. The standard InChI is InChI=1S/C31H31ClN4O6S2/c1-21-26(32)9-4-11-28(21)42-14-5-12-29(37)36-13-15-43-30-25(8-3-10-27(30)36)24-17-34-35(19-24)18-22-6-2-7-23(16-22)31(38)33-20-44(39,40)41/h2-4,6-11,16-17,19H,5,12-15,18,20H2,1H3,(H,33,38)(H,39,40,41). The minimum atomic E-state index is -4.32. The van der Waals surface area contributed by atoms with E-state index in [0.29, 0.717) is 37.6 Å². The number of thioether (sulfide) groups is 1. The van der Waals surface area contributed by atoms with Crippen LogP contribution in [0.15, 0.2) is 78.0 Å². The summed E-state index contributed by atoms with van der Waals surface area (Å²) >= 11 is 7.89. The maximum Gasteiger partial charge on any atom is 0.283 e. The molecule has 0 saturated heterocycles. The Morgan fingerprint density at radius 2 is 1.93 bits per heavy atom. The molecule has 1 aromatic heterocycles. The van der Waals surface area contributed by atoms with Crippen LogP contribution in [0.1, 0.15) is 34.3 Å². The first-order chi connectivity index (χ1) is 21.1. The Bertz CT molecular complexity index is 1790. The fourth-order valence-corrected chi connectivity index (χ4v) is 6.49. The van der Waals surface area contributed by atoms with E-state index < -0.39 is 21.9 Å². The number of carbonyl (C=O) groups excluding carboxylic acids is 2. The number of anilines is 1. The molecule has 5 rings (SSSR count). The van der Waals surface area contributed by atoms with Gasteiger partial charge in [0.25, 0.3) is 16.0 Å². The van der Waals surface area contributed by atoms with Crippen LogP contribution in [0.5, 0.6) is 5.75 Å². The summed E-state index contributed by atoms with van der Waals surface area (Å²) in [7, 11) is -4.32. The summed E-state index contributed by atoms with van der Waals surface area (Å²) in [5.74, 6) is 0.0738. The summed E-state index contributed by atoms with van der Waals surface area (Å²) in [6.45, 7) is 3.33. The first-order valence-electron chi connectivity index (χ1n) is 13.9. The molecule has 0 spiro atoms. The van der Waals surface area contributed by atoms with Gasteiger partial charge < -0.3 is 15.0 Å². The van der Waals surface area contributed by atoms with E-state index in [0.717, 1.165) is 44.3 Å². The zero-order valence-electron chi connectivity index (χ0n) is 23.9. The molecule has 0 radical (unpaired) electrons. The van der Waals surface area contributed by atoms with Crippen molar-refractivity contribution in [3.63, 3.8) is 0 Å². The third-order valence-electron chi connectivity index (χ3n) is 7.05. The number of ether oxygens (including phenoxy) is 1. The maximum atomic E-state index is 13.3. The lowest BCUT2D eigenvalue weighted by molar-refractivity contribution is -0.118. The molecule has 1 aliphatic heterocycles. The summed E-state index contributed by atoms with van der Waals surface area (Å²) in [6, 6.07) is 18.2. The van der Waals surface area contributed by atoms with Crippen LogP contribution in [0.3, 0.4) is 0 Å². The van der Waals surface area contributed by atoms with E-state index in [1.807, 2.05) is 60.5 Å². The summed E-state index contributed by atoms with van der Waals surface area (Å²) in [5.41, 5.74) is 4.70. The van der Waals surface area contributed by atoms with Crippen molar-refractivity contribution in [3.05, 3.63) is 94.8 Å². The number of rotatable bonds is 11. The van der Waals surface area contributed by atoms with Crippen molar-refractivity contribution in [1.82, 2.24) is 15.1 Å². The molecule has 2 amide bonds. The first-order valence-corrected chi connectivity index (χ1v) is 16.9. The third kappa shape index (κ3) is 7.81. The number of nitrogens with one attached hydrogen (secondary N) is 1. The normalized spacial score (nSPS) is 12.9. The maximum absolute atomic E-state index is 13.3. The number of halogens is 1. The van der Waals surface area contributed by atoms with Crippen LogP contribution in [-0.2, 0) is 21.5 Å². The molecule has 3 aromatic carbocycles. The molecule has 0 unspecified atom stereocenters. The van der Waals surface area contributed by atoms with Gasteiger partial charge in [-0.05, 0) is 49.2 Å². The smallest absolute Gasteiger partial charge is 0.283 e. The topological polar surface area (TPSA) is 131 Å². The quantitative estimate of drug-likeness (QED) is 0.162. The van der Waals surface area contributed by atoms with Crippen molar-refractivity contribution in [3.8, 4) is 16.9 Å². The van der Waals surface area contributed by atoms with E-state index >= 15 is 0 Å². The van der Waals surface area contributed by atoms with E-state index in [1.165, 1.54) is 0 Å². The second kappa shape index (κ2) is 13.9. The van der Waals surface area contributed by atoms with E-state index in [9.17, 15) is 18.0 Å². The van der Waals surface area contributed by atoms with Crippen LogP contribution in [0.4, 0.5) is 5.69 Å². The molecule has 2 N–H and O–H groups in total. The molecular formula is C31H31ClN4O6S2. The Labute approximate surface area is 265 Å². The Morgan fingerprint density at radius 1 is 1.14 bits per heavy atom. The van der Waals surface area contributed by atoms with E-state index in [4.69, 9.17) is 20.9 Å². The molecule has 0 atom stereocenters. The van der Waals surface area contributed by atoms with Gasteiger partial charge in [-0.15, -0.1) is 11.8 Å². The second-order valence-electron chi connectivity index (χ2n) is 10.2. The number of hydrogen-bond donors (Lipinski definition) is 2. The van der Waals surface area contributed by atoms with Gasteiger partial charge >= 0.3 is 0 Å². The number of amides is 2. The third-order valence-corrected chi connectivity index (χ3v) is 9.07. The number of nitrogens with zero attached hydrogens (tertiary/aromatic N) is 3. The van der Waals surface area contributed by atoms with Crippen molar-refractivity contribution in [1.29, 1.82) is 0 Å². The Kier molecular flexibility index (Phi) is 9.94. The van der Waals surface area contributed by atoms with Gasteiger partial charge in [0, 0.05) is 57.1 Å². The predicted octanol–water partition coefficient (Wildman–Crippen LogP) is 5.43.